The lowest BCUT2D eigenvalue weighted by atomic mass is 9.67. The van der Waals surface area contributed by atoms with Crippen LogP contribution < -0.4 is 0 Å². The summed E-state index contributed by atoms with van der Waals surface area (Å²) in [5.74, 6) is -6.84. The van der Waals surface area contributed by atoms with Crippen molar-refractivity contribution < 1.29 is 42.1 Å². The molecule has 0 aliphatic carbocycles. The number of nitriles is 1. The standard InChI is InChI=1S/C38H32F3N5O6S/c1-23(53-27-18-51-34(52-19-27)9-5-2-6-25-11-10-24(16-42)14-32(25)40)38(20-45-22-43-21-44-45,30-13-12-26(39)15-33(30)41)31(37(49)50)17-46-35(47)28-7-3-4-8-29(28)36(46)48/h2-15,21-23,27,31,34H,17-20H2,1H3,(H,49,50)/b6-2+,9-5+/t23?,27-,31-,34-,38+/m1/s1. The van der Waals surface area contributed by atoms with Crippen molar-refractivity contribution in [2.45, 2.75) is 35.7 Å². The van der Waals surface area contributed by atoms with Gasteiger partial charge in [0.2, 0.25) is 0 Å². The molecule has 2 aliphatic heterocycles. The van der Waals surface area contributed by atoms with Gasteiger partial charge in [-0.05, 0) is 42.0 Å². The molecular weight excluding hydrogens is 712 g/mol. The van der Waals surface area contributed by atoms with Gasteiger partial charge >= 0.3 is 5.97 Å². The Bertz CT molecular complexity index is 2080. The van der Waals surface area contributed by atoms with E-state index >= 15 is 4.39 Å². The normalized spacial score (nSPS) is 19.6. The molecular formula is C38H32F3N5O6S. The Hall–Kier alpha value is -5.56. The monoisotopic (exact) mass is 743 g/mol. The van der Waals surface area contributed by atoms with Crippen molar-refractivity contribution >= 4 is 35.6 Å². The second-order valence-corrected chi connectivity index (χ2v) is 14.1. The summed E-state index contributed by atoms with van der Waals surface area (Å²) in [4.78, 5) is 45.2. The average Bonchev–Trinajstić information content (AvgIpc) is 3.74. The quantitative estimate of drug-likeness (QED) is 0.135. The van der Waals surface area contributed by atoms with Gasteiger partial charge in [-0.1, -0.05) is 49.4 Å². The number of rotatable bonds is 13. The van der Waals surface area contributed by atoms with E-state index < -0.39 is 69.9 Å². The first-order chi connectivity index (χ1) is 25.5. The maximum Gasteiger partial charge on any atom is 0.309 e. The number of halogens is 3. The van der Waals surface area contributed by atoms with Gasteiger partial charge in [-0.3, -0.25) is 24.0 Å². The second kappa shape index (κ2) is 16.0. The number of allylic oxidation sites excluding steroid dienone is 2. The Kier molecular flexibility index (Phi) is 11.2. The molecule has 3 heterocycles. The van der Waals surface area contributed by atoms with Crippen molar-refractivity contribution in [2.24, 2.45) is 5.92 Å². The third kappa shape index (κ3) is 7.80. The lowest BCUT2D eigenvalue weighted by Crippen LogP contribution is -2.55. The van der Waals surface area contributed by atoms with Crippen LogP contribution in [0.2, 0.25) is 0 Å². The smallest absolute Gasteiger partial charge is 0.309 e. The van der Waals surface area contributed by atoms with E-state index in [0.29, 0.717) is 11.6 Å². The highest BCUT2D eigenvalue weighted by atomic mass is 32.2. The molecule has 6 rings (SSSR count). The number of hydrogen-bond donors (Lipinski definition) is 1. The number of imide groups is 1. The first-order valence-corrected chi connectivity index (χ1v) is 17.3. The zero-order chi connectivity index (χ0) is 37.7. The summed E-state index contributed by atoms with van der Waals surface area (Å²) >= 11 is 1.26. The molecule has 1 unspecified atom stereocenters. The zero-order valence-electron chi connectivity index (χ0n) is 28.1. The van der Waals surface area contributed by atoms with E-state index in [1.54, 1.807) is 37.3 Å². The first-order valence-electron chi connectivity index (χ1n) is 16.4. The van der Waals surface area contributed by atoms with Crippen LogP contribution in [0.25, 0.3) is 6.08 Å². The van der Waals surface area contributed by atoms with Crippen molar-refractivity contribution in [3.8, 4) is 6.07 Å². The summed E-state index contributed by atoms with van der Waals surface area (Å²) in [6.45, 7) is 1.08. The van der Waals surface area contributed by atoms with Crippen LogP contribution in [-0.2, 0) is 26.2 Å². The fraction of sp³-hybridized carbons (Fsp3) is 0.263. The van der Waals surface area contributed by atoms with Gasteiger partial charge in [0.1, 0.15) is 30.1 Å². The zero-order valence-corrected chi connectivity index (χ0v) is 29.0. The number of nitrogens with zero attached hydrogens (tertiary/aromatic N) is 5. The van der Waals surface area contributed by atoms with Gasteiger partial charge in [0.15, 0.2) is 6.29 Å². The minimum absolute atomic E-state index is 0.121. The molecule has 0 bridgehead atoms. The number of hydrogen-bond acceptors (Lipinski definition) is 9. The Morgan fingerprint density at radius 1 is 1.06 bits per heavy atom. The molecule has 2 amide bonds. The Balaban J connectivity index is 1.27. The SMILES string of the molecule is CC(S[C@H]1CO[C@H](/C=C/C=C/c2ccc(C#N)cc2F)OC1)[C@@](Cn1cncn1)(c1ccc(F)cc1F)[C@H](CN1C(=O)c2ccccc2C1=O)C(=O)O. The van der Waals surface area contributed by atoms with Crippen molar-refractivity contribution in [3.05, 3.63) is 137 Å². The highest BCUT2D eigenvalue weighted by Gasteiger charge is 2.54. The number of aliphatic carboxylic acids is 1. The molecule has 2 aliphatic rings. The summed E-state index contributed by atoms with van der Waals surface area (Å²) in [6, 6.07) is 15.0. The summed E-state index contributed by atoms with van der Waals surface area (Å²) in [5, 5.41) is 22.8. The molecule has 11 nitrogen and oxygen atoms in total. The fourth-order valence-electron chi connectivity index (χ4n) is 6.66. The van der Waals surface area contributed by atoms with Crippen molar-refractivity contribution in [3.63, 3.8) is 0 Å². The molecule has 15 heteroatoms. The lowest BCUT2D eigenvalue weighted by molar-refractivity contribution is -0.146. The lowest BCUT2D eigenvalue weighted by Gasteiger charge is -2.45. The minimum atomic E-state index is -1.76. The highest BCUT2D eigenvalue weighted by Crippen LogP contribution is 2.47. The summed E-state index contributed by atoms with van der Waals surface area (Å²) in [5.41, 5.74) is -1.17. The van der Waals surface area contributed by atoms with Crippen molar-refractivity contribution in [2.75, 3.05) is 19.8 Å². The van der Waals surface area contributed by atoms with Gasteiger partial charge in [0, 0.05) is 28.8 Å². The summed E-state index contributed by atoms with van der Waals surface area (Å²) in [6.07, 6.45) is 8.17. The number of fused-ring (bicyclic) bond motifs is 1. The van der Waals surface area contributed by atoms with Gasteiger partial charge < -0.3 is 14.6 Å². The van der Waals surface area contributed by atoms with E-state index in [0.717, 1.165) is 17.0 Å². The van der Waals surface area contributed by atoms with Crippen molar-refractivity contribution in [1.82, 2.24) is 19.7 Å². The fourth-order valence-corrected chi connectivity index (χ4v) is 8.16. The maximum absolute atomic E-state index is 16.1. The Labute approximate surface area is 306 Å². The Morgan fingerprint density at radius 3 is 2.38 bits per heavy atom. The molecule has 0 radical (unpaired) electrons. The van der Waals surface area contributed by atoms with E-state index in [1.165, 1.54) is 65.5 Å². The number of thioether (sulfide) groups is 1. The number of carbonyl (C=O) groups excluding carboxylic acids is 2. The third-order valence-electron chi connectivity index (χ3n) is 9.29. The number of benzene rings is 3. The van der Waals surface area contributed by atoms with Crippen LogP contribution in [0.5, 0.6) is 0 Å². The number of amides is 2. The van der Waals surface area contributed by atoms with Gasteiger partial charge in [-0.25, -0.2) is 18.2 Å². The van der Waals surface area contributed by atoms with Crippen LogP contribution in [0.15, 0.2) is 91.5 Å². The van der Waals surface area contributed by atoms with Gasteiger partial charge in [-0.2, -0.15) is 10.4 Å². The van der Waals surface area contributed by atoms with Crippen LogP contribution in [0.1, 0.15) is 44.3 Å². The largest absolute Gasteiger partial charge is 0.481 e. The van der Waals surface area contributed by atoms with Gasteiger partial charge in [-0.15, -0.1) is 11.8 Å². The van der Waals surface area contributed by atoms with E-state index in [4.69, 9.17) is 14.7 Å². The molecule has 3 aromatic carbocycles. The molecule has 1 fully saturated rings. The predicted octanol–water partition coefficient (Wildman–Crippen LogP) is 5.63. The van der Waals surface area contributed by atoms with Crippen LogP contribution in [-0.4, -0.2) is 79.1 Å². The van der Waals surface area contributed by atoms with E-state index in [9.17, 15) is 28.3 Å². The second-order valence-electron chi connectivity index (χ2n) is 12.4. The maximum atomic E-state index is 16.1. The van der Waals surface area contributed by atoms with Gasteiger partial charge in [0.05, 0.1) is 53.7 Å². The van der Waals surface area contributed by atoms with Crippen LogP contribution >= 0.6 is 11.8 Å². The molecule has 0 saturated carbocycles. The summed E-state index contributed by atoms with van der Waals surface area (Å²) in [7, 11) is 0. The van der Waals surface area contributed by atoms with Crippen LogP contribution in [0.3, 0.4) is 0 Å². The number of aromatic nitrogens is 3. The first kappa shape index (κ1) is 37.2. The predicted molar refractivity (Wildman–Crippen MR) is 187 cm³/mol. The van der Waals surface area contributed by atoms with Crippen molar-refractivity contribution in [1.29, 1.82) is 5.26 Å². The van der Waals surface area contributed by atoms with Gasteiger partial charge in [0.25, 0.3) is 11.8 Å². The molecule has 53 heavy (non-hydrogen) atoms. The molecule has 1 saturated heterocycles. The number of ether oxygens (including phenoxy) is 2. The third-order valence-corrected chi connectivity index (χ3v) is 10.8. The number of carbonyl (C=O) groups is 3. The minimum Gasteiger partial charge on any atom is -0.481 e. The number of carboxylic acid groups (broad SMARTS) is 1. The Morgan fingerprint density at radius 2 is 1.77 bits per heavy atom. The highest BCUT2D eigenvalue weighted by molar-refractivity contribution is 8.00. The average molecular weight is 744 g/mol. The molecule has 4 aromatic rings. The summed E-state index contributed by atoms with van der Waals surface area (Å²) < 4.78 is 57.7. The topological polar surface area (TPSA) is 148 Å². The molecule has 1 aromatic heterocycles. The molecule has 1 N–H and O–H groups in total. The molecule has 272 valence electrons. The van der Waals surface area contributed by atoms with Crippen LogP contribution in [0, 0.1) is 34.7 Å². The molecule has 3 atom stereocenters. The van der Waals surface area contributed by atoms with Crippen LogP contribution in [0.4, 0.5) is 13.2 Å². The van der Waals surface area contributed by atoms with E-state index in [2.05, 4.69) is 10.1 Å². The number of carboxylic acids is 1. The molecule has 0 spiro atoms. The van der Waals surface area contributed by atoms with E-state index in [1.807, 2.05) is 6.07 Å². The van der Waals surface area contributed by atoms with E-state index in [-0.39, 0.29) is 42.0 Å².